The first kappa shape index (κ1) is 16.1. The number of nitrogens with zero attached hydrogens (tertiary/aromatic N) is 2. The fraction of sp³-hybridized carbons (Fsp3) is 0.571. The van der Waals surface area contributed by atoms with E-state index in [1.54, 1.807) is 13.0 Å². The molecule has 0 radical (unpaired) electrons. The molecule has 1 unspecified atom stereocenters. The van der Waals surface area contributed by atoms with Gasteiger partial charge in [-0.2, -0.15) is 10.2 Å². The van der Waals surface area contributed by atoms with Crippen LogP contribution >= 0.6 is 0 Å². The van der Waals surface area contributed by atoms with Crippen LogP contribution in [-0.2, 0) is 11.2 Å². The summed E-state index contributed by atoms with van der Waals surface area (Å²) < 4.78 is 0. The Hall–Kier alpha value is -1.98. The predicted molar refractivity (Wildman–Crippen MR) is 74.6 cm³/mol. The summed E-state index contributed by atoms with van der Waals surface area (Å²) in [5, 5.41) is 19.6. The number of unbranched alkanes of at least 4 members (excludes halogenated alkanes) is 1. The minimum absolute atomic E-state index is 0.400. The molecule has 110 valence electrons. The van der Waals surface area contributed by atoms with E-state index in [-0.39, 0.29) is 0 Å². The van der Waals surface area contributed by atoms with Gasteiger partial charge in [0.05, 0.1) is 17.0 Å². The van der Waals surface area contributed by atoms with E-state index in [1.165, 1.54) is 0 Å². The molecule has 0 aliphatic heterocycles. The van der Waals surface area contributed by atoms with E-state index in [4.69, 9.17) is 5.11 Å². The standard InChI is InChI=1S/C14H21N3O3/c1-4-6-7-12(14(19)20)15-13(18)10-8-9(3)16-17-11(10)5-2/h8,12H,4-7H2,1-3H3,(H,15,18)(H,19,20). The summed E-state index contributed by atoms with van der Waals surface area (Å²) in [6, 6.07) is 0.778. The number of nitrogens with one attached hydrogen (secondary N) is 1. The van der Waals surface area contributed by atoms with Crippen molar-refractivity contribution in [1.82, 2.24) is 15.5 Å². The Bertz CT molecular complexity index is 489. The van der Waals surface area contributed by atoms with Crippen molar-refractivity contribution in [2.45, 2.75) is 52.5 Å². The molecule has 0 fully saturated rings. The number of aliphatic carboxylic acids is 1. The number of carbonyl (C=O) groups is 2. The van der Waals surface area contributed by atoms with Crippen molar-refractivity contribution in [3.8, 4) is 0 Å². The molecule has 20 heavy (non-hydrogen) atoms. The van der Waals surface area contributed by atoms with Crippen LogP contribution in [0.1, 0.15) is 54.9 Å². The number of aryl methyl sites for hydroxylation is 2. The molecule has 0 saturated heterocycles. The summed E-state index contributed by atoms with van der Waals surface area (Å²) >= 11 is 0. The second-order valence-electron chi connectivity index (χ2n) is 4.71. The average molecular weight is 279 g/mol. The summed E-state index contributed by atoms with van der Waals surface area (Å²) in [5.74, 6) is -1.41. The van der Waals surface area contributed by atoms with Gasteiger partial charge in [0.1, 0.15) is 6.04 Å². The molecule has 0 saturated carbocycles. The molecule has 6 nitrogen and oxygen atoms in total. The van der Waals surface area contributed by atoms with E-state index in [9.17, 15) is 9.59 Å². The number of hydrogen-bond acceptors (Lipinski definition) is 4. The molecule has 0 aliphatic rings. The van der Waals surface area contributed by atoms with Gasteiger partial charge in [-0.1, -0.05) is 26.7 Å². The summed E-state index contributed by atoms with van der Waals surface area (Å²) in [7, 11) is 0. The summed E-state index contributed by atoms with van der Waals surface area (Å²) in [6.07, 6.45) is 2.64. The highest BCUT2D eigenvalue weighted by molar-refractivity contribution is 5.97. The Labute approximate surface area is 118 Å². The highest BCUT2D eigenvalue weighted by atomic mass is 16.4. The monoisotopic (exact) mass is 279 g/mol. The quantitative estimate of drug-likeness (QED) is 0.792. The van der Waals surface area contributed by atoms with Gasteiger partial charge in [-0.15, -0.1) is 0 Å². The maximum absolute atomic E-state index is 12.2. The Morgan fingerprint density at radius 1 is 1.35 bits per heavy atom. The van der Waals surface area contributed by atoms with Gasteiger partial charge >= 0.3 is 5.97 Å². The molecule has 0 aliphatic carbocycles. The average Bonchev–Trinajstić information content (AvgIpc) is 2.42. The lowest BCUT2D eigenvalue weighted by atomic mass is 10.1. The van der Waals surface area contributed by atoms with Gasteiger partial charge in [0.15, 0.2) is 0 Å². The fourth-order valence-electron chi connectivity index (χ4n) is 1.87. The van der Waals surface area contributed by atoms with Gasteiger partial charge in [0, 0.05) is 0 Å². The number of carboxylic acid groups (broad SMARTS) is 1. The van der Waals surface area contributed by atoms with Crippen LogP contribution in [-0.4, -0.2) is 33.2 Å². The van der Waals surface area contributed by atoms with E-state index in [2.05, 4.69) is 15.5 Å². The van der Waals surface area contributed by atoms with E-state index in [0.717, 1.165) is 12.8 Å². The van der Waals surface area contributed by atoms with Crippen molar-refractivity contribution in [3.05, 3.63) is 23.0 Å². The number of hydrogen-bond donors (Lipinski definition) is 2. The van der Waals surface area contributed by atoms with Gasteiger partial charge in [-0.25, -0.2) is 4.79 Å². The molecule has 1 aromatic heterocycles. The zero-order chi connectivity index (χ0) is 15.1. The van der Waals surface area contributed by atoms with E-state index in [1.807, 2.05) is 13.8 Å². The third-order valence-corrected chi connectivity index (χ3v) is 3.02. The highest BCUT2D eigenvalue weighted by Crippen LogP contribution is 2.09. The molecule has 1 heterocycles. The van der Waals surface area contributed by atoms with Gasteiger partial charge in [-0.3, -0.25) is 4.79 Å². The molecule has 2 N–H and O–H groups in total. The zero-order valence-corrected chi connectivity index (χ0v) is 12.1. The van der Waals surface area contributed by atoms with Crippen LogP contribution in [0.15, 0.2) is 6.07 Å². The Morgan fingerprint density at radius 2 is 2.05 bits per heavy atom. The van der Waals surface area contributed by atoms with Crippen LogP contribution in [0.25, 0.3) is 0 Å². The molecule has 0 aromatic carbocycles. The molecule has 0 bridgehead atoms. The minimum Gasteiger partial charge on any atom is -0.480 e. The largest absolute Gasteiger partial charge is 0.480 e. The van der Waals surface area contributed by atoms with Crippen LogP contribution in [0, 0.1) is 6.92 Å². The van der Waals surface area contributed by atoms with Crippen LogP contribution < -0.4 is 5.32 Å². The topological polar surface area (TPSA) is 92.2 Å². The second-order valence-corrected chi connectivity index (χ2v) is 4.71. The zero-order valence-electron chi connectivity index (χ0n) is 12.1. The van der Waals surface area contributed by atoms with Crippen molar-refractivity contribution in [2.75, 3.05) is 0 Å². The van der Waals surface area contributed by atoms with Gasteiger partial charge in [-0.05, 0) is 25.8 Å². The number of amides is 1. The van der Waals surface area contributed by atoms with Crippen LogP contribution in [0.5, 0.6) is 0 Å². The van der Waals surface area contributed by atoms with Gasteiger partial charge < -0.3 is 10.4 Å². The third kappa shape index (κ3) is 4.29. The Morgan fingerprint density at radius 3 is 2.60 bits per heavy atom. The van der Waals surface area contributed by atoms with Crippen LogP contribution in [0.2, 0.25) is 0 Å². The number of aromatic nitrogens is 2. The number of rotatable bonds is 7. The smallest absolute Gasteiger partial charge is 0.326 e. The summed E-state index contributed by atoms with van der Waals surface area (Å²) in [6.45, 7) is 5.60. The van der Waals surface area contributed by atoms with Crippen molar-refractivity contribution < 1.29 is 14.7 Å². The maximum Gasteiger partial charge on any atom is 0.326 e. The molecule has 6 heteroatoms. The first-order valence-electron chi connectivity index (χ1n) is 6.86. The molecule has 1 atom stereocenters. The molecule has 1 rings (SSSR count). The van der Waals surface area contributed by atoms with E-state index >= 15 is 0 Å². The lowest BCUT2D eigenvalue weighted by molar-refractivity contribution is -0.139. The third-order valence-electron chi connectivity index (χ3n) is 3.02. The summed E-state index contributed by atoms with van der Waals surface area (Å²) in [4.78, 5) is 23.4. The SMILES string of the molecule is CCCCC(NC(=O)c1cc(C)nnc1CC)C(=O)O. The molecule has 0 spiro atoms. The Kier molecular flexibility index (Phi) is 6.09. The van der Waals surface area contributed by atoms with Gasteiger partial charge in [0.25, 0.3) is 5.91 Å². The molecular formula is C14H21N3O3. The van der Waals surface area contributed by atoms with Crippen molar-refractivity contribution >= 4 is 11.9 Å². The van der Waals surface area contributed by atoms with Crippen molar-refractivity contribution in [1.29, 1.82) is 0 Å². The number of carboxylic acids is 1. The normalized spacial score (nSPS) is 11.9. The first-order valence-corrected chi connectivity index (χ1v) is 6.86. The highest BCUT2D eigenvalue weighted by Gasteiger charge is 2.21. The first-order chi connectivity index (χ1) is 9.49. The molecule has 1 amide bonds. The van der Waals surface area contributed by atoms with Crippen molar-refractivity contribution in [3.63, 3.8) is 0 Å². The maximum atomic E-state index is 12.2. The van der Waals surface area contributed by atoms with Crippen molar-refractivity contribution in [2.24, 2.45) is 0 Å². The molecular weight excluding hydrogens is 258 g/mol. The van der Waals surface area contributed by atoms with Gasteiger partial charge in [0.2, 0.25) is 0 Å². The second kappa shape index (κ2) is 7.57. The lowest BCUT2D eigenvalue weighted by Gasteiger charge is -2.15. The van der Waals surface area contributed by atoms with E-state index < -0.39 is 17.9 Å². The minimum atomic E-state index is -1.01. The van der Waals surface area contributed by atoms with Crippen LogP contribution in [0.4, 0.5) is 0 Å². The lowest BCUT2D eigenvalue weighted by Crippen LogP contribution is -2.41. The molecule has 1 aromatic rings. The number of carbonyl (C=O) groups excluding carboxylic acids is 1. The predicted octanol–water partition coefficient (Wildman–Crippen LogP) is 1.72. The Balaban J connectivity index is 2.88. The fourth-order valence-corrected chi connectivity index (χ4v) is 1.87. The summed E-state index contributed by atoms with van der Waals surface area (Å²) in [5.41, 5.74) is 1.61. The van der Waals surface area contributed by atoms with E-state index in [0.29, 0.717) is 29.8 Å². The van der Waals surface area contributed by atoms with Crippen LogP contribution in [0.3, 0.4) is 0 Å².